The number of hydrogen-bond donors (Lipinski definition) is 2. The Bertz CT molecular complexity index is 784. The van der Waals surface area contributed by atoms with Gasteiger partial charge in [-0.15, -0.1) is 0 Å². The molecule has 0 aliphatic carbocycles. The van der Waals surface area contributed by atoms with Gasteiger partial charge in [-0.1, -0.05) is 181 Å². The number of quaternary nitrogens is 1. The number of rotatable bonds is 42. The third-order valence-electron chi connectivity index (χ3n) is 9.86. The van der Waals surface area contributed by atoms with Crippen LogP contribution in [0.25, 0.3) is 0 Å². The lowest BCUT2D eigenvalue weighted by Crippen LogP contribution is -2.37. The third-order valence-corrected chi connectivity index (χ3v) is 10.8. The summed E-state index contributed by atoms with van der Waals surface area (Å²) in [7, 11) is 1.29. The van der Waals surface area contributed by atoms with Crippen LogP contribution in [0, 0.1) is 0 Å². The van der Waals surface area contributed by atoms with Crippen LogP contribution in [0.3, 0.4) is 0 Å². The summed E-state index contributed by atoms with van der Waals surface area (Å²) < 4.78 is 34.5. The topological polar surface area (TPSA) is 118 Å². The highest BCUT2D eigenvalue weighted by Crippen LogP contribution is 2.38. The first-order chi connectivity index (χ1) is 25.0. The molecule has 4 atom stereocenters. The zero-order valence-corrected chi connectivity index (χ0v) is 35.9. The second-order valence-electron chi connectivity index (χ2n) is 16.4. The Kier molecular flexibility index (Phi) is 36.5. The molecule has 0 heterocycles. The molecule has 0 amide bonds. The van der Waals surface area contributed by atoms with Crippen molar-refractivity contribution >= 4 is 7.82 Å². The van der Waals surface area contributed by atoms with Gasteiger partial charge < -0.3 is 38.1 Å². The van der Waals surface area contributed by atoms with E-state index in [9.17, 15) is 19.7 Å². The van der Waals surface area contributed by atoms with Crippen LogP contribution in [0.2, 0.25) is 0 Å². The molecular weight excluding hydrogens is 677 g/mol. The number of phosphoric ester groups is 1. The van der Waals surface area contributed by atoms with Crippen molar-refractivity contribution in [3.8, 4) is 0 Å². The maximum Gasteiger partial charge on any atom is 0.268 e. The lowest BCUT2D eigenvalue weighted by molar-refractivity contribution is -0.870. The first kappa shape index (κ1) is 51.9. The molecule has 0 rings (SSSR count). The first-order valence-corrected chi connectivity index (χ1v) is 23.5. The molecule has 0 aromatic carbocycles. The van der Waals surface area contributed by atoms with Crippen LogP contribution in [-0.2, 0) is 23.1 Å². The summed E-state index contributed by atoms with van der Waals surface area (Å²) in [5.41, 5.74) is 0. The van der Waals surface area contributed by atoms with Gasteiger partial charge in [0.15, 0.2) is 12.6 Å². The Labute approximate surface area is 322 Å². The van der Waals surface area contributed by atoms with Gasteiger partial charge in [0.1, 0.15) is 19.3 Å². The zero-order valence-electron chi connectivity index (χ0n) is 35.0. The summed E-state index contributed by atoms with van der Waals surface area (Å²) in [6, 6.07) is 0. The lowest BCUT2D eigenvalue weighted by atomic mass is 10.0. The molecule has 0 aliphatic heterocycles. The molecule has 10 heteroatoms. The van der Waals surface area contributed by atoms with Crippen LogP contribution in [-0.4, -0.2) is 80.9 Å². The zero-order chi connectivity index (χ0) is 38.6. The molecular formula is C42H88NO8P. The van der Waals surface area contributed by atoms with Crippen molar-refractivity contribution in [3.05, 3.63) is 0 Å². The minimum absolute atomic E-state index is 0.00590. The fourth-order valence-electron chi connectivity index (χ4n) is 6.38. The van der Waals surface area contributed by atoms with E-state index in [0.29, 0.717) is 23.9 Å². The van der Waals surface area contributed by atoms with Crippen LogP contribution < -0.4 is 4.89 Å². The number of aliphatic hydroxyl groups is 2. The molecule has 0 aliphatic rings. The molecule has 0 fully saturated rings. The van der Waals surface area contributed by atoms with Gasteiger partial charge >= 0.3 is 0 Å². The van der Waals surface area contributed by atoms with Crippen molar-refractivity contribution in [2.24, 2.45) is 0 Å². The average Bonchev–Trinajstić information content (AvgIpc) is 3.09. The molecule has 52 heavy (non-hydrogen) atoms. The van der Waals surface area contributed by atoms with Crippen molar-refractivity contribution in [3.63, 3.8) is 0 Å². The maximum absolute atomic E-state index is 12.4. The van der Waals surface area contributed by atoms with E-state index in [1.54, 1.807) is 0 Å². The Morgan fingerprint density at radius 2 is 0.865 bits per heavy atom. The summed E-state index contributed by atoms with van der Waals surface area (Å²) in [4.78, 5) is 12.4. The number of hydrogen-bond acceptors (Lipinski definition) is 8. The Morgan fingerprint density at radius 1 is 0.519 bits per heavy atom. The monoisotopic (exact) mass is 766 g/mol. The van der Waals surface area contributed by atoms with Gasteiger partial charge in [0, 0.05) is 0 Å². The Morgan fingerprint density at radius 3 is 1.23 bits per heavy atom. The van der Waals surface area contributed by atoms with Crippen molar-refractivity contribution in [2.45, 2.75) is 225 Å². The normalized spacial score (nSPS) is 15.2. The predicted octanol–water partition coefficient (Wildman–Crippen LogP) is 11.0. The molecule has 0 saturated heterocycles. The summed E-state index contributed by atoms with van der Waals surface area (Å²) in [6.07, 6.45) is 33.5. The molecule has 0 aromatic heterocycles. The van der Waals surface area contributed by atoms with Crippen molar-refractivity contribution in [2.75, 3.05) is 47.5 Å². The SMILES string of the molecule is CCCCCCCCCCCCCCCCC[C@H](O)OC[C@@H](COP(=O)([O-])OCC[N+](C)(C)C)O[C@@H](O)CCCCCCCCCCCCCCC. The largest absolute Gasteiger partial charge is 0.756 e. The molecule has 0 spiro atoms. The quantitative estimate of drug-likeness (QED) is 0.0273. The molecule has 0 aromatic rings. The van der Waals surface area contributed by atoms with Gasteiger partial charge in [-0.2, -0.15) is 0 Å². The fourth-order valence-corrected chi connectivity index (χ4v) is 7.11. The van der Waals surface area contributed by atoms with E-state index >= 15 is 0 Å². The number of nitrogens with zero attached hydrogens (tertiary/aromatic N) is 1. The predicted molar refractivity (Wildman–Crippen MR) is 215 cm³/mol. The van der Waals surface area contributed by atoms with Gasteiger partial charge in [0.05, 0.1) is 34.4 Å². The van der Waals surface area contributed by atoms with Crippen LogP contribution in [0.4, 0.5) is 0 Å². The number of aliphatic hydroxyl groups excluding tert-OH is 2. The molecule has 0 bridgehead atoms. The summed E-state index contributed by atoms with van der Waals surface area (Å²) in [6.45, 7) is 4.59. The van der Waals surface area contributed by atoms with Crippen molar-refractivity contribution in [1.82, 2.24) is 0 Å². The van der Waals surface area contributed by atoms with E-state index in [1.165, 1.54) is 141 Å². The molecule has 2 N–H and O–H groups in total. The van der Waals surface area contributed by atoms with Gasteiger partial charge in [0.2, 0.25) is 0 Å². The van der Waals surface area contributed by atoms with Crippen molar-refractivity contribution < 1.29 is 42.7 Å². The standard InChI is InChI=1S/C42H88NO8P/c1-6-8-10-12-14-16-18-20-21-23-24-26-28-30-32-34-41(44)48-38-40(39-50-52(46,47)49-37-36-43(3,4)5)51-42(45)35-33-31-29-27-25-22-19-17-15-13-11-9-7-2/h40-42,44-45H,6-39H2,1-5H3/t40-,41+,42+/m0/s1. The van der Waals surface area contributed by atoms with Gasteiger partial charge in [-0.25, -0.2) is 0 Å². The smallest absolute Gasteiger partial charge is 0.268 e. The third kappa shape index (κ3) is 39.6. The van der Waals surface area contributed by atoms with Gasteiger partial charge in [0.25, 0.3) is 7.82 Å². The van der Waals surface area contributed by atoms with E-state index in [1.807, 2.05) is 21.1 Å². The lowest BCUT2D eigenvalue weighted by Gasteiger charge is -2.29. The Balaban J connectivity index is 4.31. The minimum Gasteiger partial charge on any atom is -0.756 e. The van der Waals surface area contributed by atoms with Gasteiger partial charge in [-0.3, -0.25) is 4.57 Å². The second kappa shape index (κ2) is 36.5. The molecule has 0 radical (unpaired) electrons. The van der Waals surface area contributed by atoms with Crippen LogP contribution in [0.5, 0.6) is 0 Å². The van der Waals surface area contributed by atoms with E-state index in [-0.39, 0.29) is 19.8 Å². The second-order valence-corrected chi connectivity index (χ2v) is 17.8. The summed E-state index contributed by atoms with van der Waals surface area (Å²) in [5.74, 6) is 0. The summed E-state index contributed by atoms with van der Waals surface area (Å²) >= 11 is 0. The highest BCUT2D eigenvalue weighted by Gasteiger charge is 2.21. The first-order valence-electron chi connectivity index (χ1n) is 22.0. The van der Waals surface area contributed by atoms with E-state index < -0.39 is 26.5 Å². The van der Waals surface area contributed by atoms with Crippen LogP contribution in [0.1, 0.15) is 206 Å². The highest BCUT2D eigenvalue weighted by atomic mass is 31.2. The highest BCUT2D eigenvalue weighted by molar-refractivity contribution is 7.45. The maximum atomic E-state index is 12.4. The molecule has 314 valence electrons. The van der Waals surface area contributed by atoms with E-state index in [2.05, 4.69) is 13.8 Å². The number of phosphoric acid groups is 1. The van der Waals surface area contributed by atoms with Crippen LogP contribution >= 0.6 is 7.82 Å². The summed E-state index contributed by atoms with van der Waals surface area (Å²) in [5, 5.41) is 21.1. The molecule has 9 nitrogen and oxygen atoms in total. The number of unbranched alkanes of at least 4 members (excludes halogenated alkanes) is 26. The van der Waals surface area contributed by atoms with E-state index in [0.717, 1.165) is 38.5 Å². The molecule has 0 saturated carbocycles. The number of likely N-dealkylation sites (N-methyl/N-ethyl adjacent to an activating group) is 1. The Hall–Kier alpha value is -0.0900. The fraction of sp³-hybridized carbons (Fsp3) is 1.00. The molecule has 1 unspecified atom stereocenters. The average molecular weight is 766 g/mol. The van der Waals surface area contributed by atoms with E-state index in [4.69, 9.17) is 18.5 Å². The van der Waals surface area contributed by atoms with Crippen molar-refractivity contribution in [1.29, 1.82) is 0 Å². The number of ether oxygens (including phenoxy) is 2. The van der Waals surface area contributed by atoms with Gasteiger partial charge in [-0.05, 0) is 25.7 Å². The minimum atomic E-state index is -4.56. The van der Waals surface area contributed by atoms with Crippen LogP contribution in [0.15, 0.2) is 0 Å².